The summed E-state index contributed by atoms with van der Waals surface area (Å²) in [6.07, 6.45) is 6.94. The number of hydrogen-bond acceptors (Lipinski definition) is 4. The quantitative estimate of drug-likeness (QED) is 0.858. The zero-order chi connectivity index (χ0) is 14.0. The number of imidazole rings is 1. The number of aryl methyl sites for hydroxylation is 2. The van der Waals surface area contributed by atoms with Crippen molar-refractivity contribution in [3.63, 3.8) is 0 Å². The van der Waals surface area contributed by atoms with Gasteiger partial charge >= 0.3 is 0 Å². The molecule has 0 saturated carbocycles. The first-order chi connectivity index (χ1) is 9.65. The molecule has 8 heteroatoms. The maximum Gasteiger partial charge on any atom is 0.259 e. The van der Waals surface area contributed by atoms with E-state index >= 15 is 0 Å². The number of rotatable bonds is 4. The molecule has 0 bridgehead atoms. The van der Waals surface area contributed by atoms with Crippen molar-refractivity contribution < 1.29 is 8.42 Å². The lowest BCUT2D eigenvalue weighted by Gasteiger charge is -2.22. The number of hydrogen-bond donors (Lipinski definition) is 2. The molecule has 3 heterocycles. The Hall–Kier alpha value is -0.630. The molecule has 21 heavy (non-hydrogen) atoms. The maximum atomic E-state index is 12.3. The summed E-state index contributed by atoms with van der Waals surface area (Å²) in [6, 6.07) is 0. The van der Waals surface area contributed by atoms with Gasteiger partial charge in [-0.25, -0.2) is 18.1 Å². The molecule has 0 aromatic carbocycles. The van der Waals surface area contributed by atoms with E-state index in [1.54, 1.807) is 6.20 Å². The SMILES string of the molecule is Cl.O=S(=O)(NCC1CCCNC1)c1cn2c(n1)CCCC2. The van der Waals surface area contributed by atoms with Crippen molar-refractivity contribution in [3.8, 4) is 0 Å². The third kappa shape index (κ3) is 3.97. The van der Waals surface area contributed by atoms with Crippen molar-refractivity contribution in [2.75, 3.05) is 19.6 Å². The van der Waals surface area contributed by atoms with Crippen molar-refractivity contribution >= 4 is 22.4 Å². The Labute approximate surface area is 132 Å². The van der Waals surface area contributed by atoms with Crippen LogP contribution in [0.2, 0.25) is 0 Å². The van der Waals surface area contributed by atoms with Gasteiger partial charge in [-0.05, 0) is 44.7 Å². The number of piperidine rings is 1. The summed E-state index contributed by atoms with van der Waals surface area (Å²) < 4.78 is 29.3. The molecule has 2 aliphatic rings. The zero-order valence-corrected chi connectivity index (χ0v) is 13.7. The van der Waals surface area contributed by atoms with Gasteiger partial charge in [0.1, 0.15) is 5.82 Å². The summed E-state index contributed by atoms with van der Waals surface area (Å²) in [5.41, 5.74) is 0. The number of fused-ring (bicyclic) bond motifs is 1. The first-order valence-electron chi connectivity index (χ1n) is 7.41. The predicted molar refractivity (Wildman–Crippen MR) is 83.2 cm³/mol. The molecular weight excluding hydrogens is 312 g/mol. The van der Waals surface area contributed by atoms with Gasteiger partial charge in [0, 0.05) is 25.7 Å². The van der Waals surface area contributed by atoms with Crippen LogP contribution in [0.4, 0.5) is 0 Å². The zero-order valence-electron chi connectivity index (χ0n) is 12.0. The molecular formula is C13H23ClN4O2S. The van der Waals surface area contributed by atoms with Crippen LogP contribution in [0.3, 0.4) is 0 Å². The van der Waals surface area contributed by atoms with Crippen LogP contribution in [0.1, 0.15) is 31.5 Å². The number of halogens is 1. The van der Waals surface area contributed by atoms with Gasteiger partial charge in [0.15, 0.2) is 5.03 Å². The number of sulfonamides is 1. The van der Waals surface area contributed by atoms with Gasteiger partial charge in [-0.2, -0.15) is 0 Å². The van der Waals surface area contributed by atoms with E-state index in [4.69, 9.17) is 0 Å². The molecule has 0 amide bonds. The third-order valence-corrected chi connectivity index (χ3v) is 5.42. The summed E-state index contributed by atoms with van der Waals surface area (Å²) in [5, 5.41) is 3.47. The van der Waals surface area contributed by atoms with Crippen LogP contribution in [0, 0.1) is 5.92 Å². The van der Waals surface area contributed by atoms with E-state index in [-0.39, 0.29) is 17.4 Å². The van der Waals surface area contributed by atoms with E-state index < -0.39 is 10.0 Å². The molecule has 1 unspecified atom stereocenters. The summed E-state index contributed by atoms with van der Waals surface area (Å²) in [5.74, 6) is 1.28. The first-order valence-corrected chi connectivity index (χ1v) is 8.90. The van der Waals surface area contributed by atoms with E-state index in [9.17, 15) is 8.42 Å². The molecule has 0 radical (unpaired) electrons. The van der Waals surface area contributed by atoms with Crippen LogP contribution >= 0.6 is 12.4 Å². The second-order valence-electron chi connectivity index (χ2n) is 5.71. The van der Waals surface area contributed by atoms with Gasteiger partial charge in [0.2, 0.25) is 0 Å². The topological polar surface area (TPSA) is 76.0 Å². The van der Waals surface area contributed by atoms with Gasteiger partial charge in [-0.15, -0.1) is 12.4 Å². The lowest BCUT2D eigenvalue weighted by Crippen LogP contribution is -2.38. The highest BCUT2D eigenvalue weighted by molar-refractivity contribution is 7.89. The van der Waals surface area contributed by atoms with Crippen LogP contribution in [-0.2, 0) is 23.0 Å². The van der Waals surface area contributed by atoms with E-state index in [1.165, 1.54) is 0 Å². The minimum Gasteiger partial charge on any atom is -0.333 e. The molecule has 1 aromatic heterocycles. The molecule has 1 fully saturated rings. The molecule has 120 valence electrons. The maximum absolute atomic E-state index is 12.3. The Kier molecular flexibility index (Phi) is 5.65. The Morgan fingerprint density at radius 1 is 1.38 bits per heavy atom. The summed E-state index contributed by atoms with van der Waals surface area (Å²) >= 11 is 0. The van der Waals surface area contributed by atoms with Gasteiger partial charge in [-0.3, -0.25) is 0 Å². The Morgan fingerprint density at radius 3 is 2.95 bits per heavy atom. The van der Waals surface area contributed by atoms with Crippen LogP contribution in [0.25, 0.3) is 0 Å². The monoisotopic (exact) mass is 334 g/mol. The normalized spacial score (nSPS) is 22.4. The third-order valence-electron chi connectivity index (χ3n) is 4.12. The van der Waals surface area contributed by atoms with E-state index in [0.29, 0.717) is 12.5 Å². The molecule has 1 atom stereocenters. The van der Waals surface area contributed by atoms with Crippen LogP contribution in [0.5, 0.6) is 0 Å². The fourth-order valence-electron chi connectivity index (χ4n) is 2.92. The number of nitrogens with zero attached hydrogens (tertiary/aromatic N) is 2. The van der Waals surface area contributed by atoms with Crippen LogP contribution < -0.4 is 10.0 Å². The largest absolute Gasteiger partial charge is 0.333 e. The van der Waals surface area contributed by atoms with Crippen molar-refractivity contribution in [2.45, 2.75) is 43.7 Å². The van der Waals surface area contributed by atoms with Gasteiger partial charge < -0.3 is 9.88 Å². The Morgan fingerprint density at radius 2 is 2.24 bits per heavy atom. The summed E-state index contributed by atoms with van der Waals surface area (Å²) in [7, 11) is -3.46. The van der Waals surface area contributed by atoms with Gasteiger partial charge in [-0.1, -0.05) is 0 Å². The van der Waals surface area contributed by atoms with Crippen molar-refractivity contribution in [3.05, 3.63) is 12.0 Å². The second-order valence-corrected chi connectivity index (χ2v) is 7.42. The Bertz CT molecular complexity index is 543. The fourth-order valence-corrected chi connectivity index (χ4v) is 4.01. The number of nitrogens with one attached hydrogen (secondary N) is 2. The fraction of sp³-hybridized carbons (Fsp3) is 0.769. The second kappa shape index (κ2) is 7.09. The first kappa shape index (κ1) is 16.7. The van der Waals surface area contributed by atoms with Crippen molar-refractivity contribution in [2.24, 2.45) is 5.92 Å². The smallest absolute Gasteiger partial charge is 0.259 e. The van der Waals surface area contributed by atoms with Gasteiger partial charge in [0.25, 0.3) is 10.0 Å². The molecule has 2 aliphatic heterocycles. The number of aromatic nitrogens is 2. The molecule has 3 rings (SSSR count). The van der Waals surface area contributed by atoms with E-state index in [2.05, 4.69) is 15.0 Å². The molecule has 1 saturated heterocycles. The van der Waals surface area contributed by atoms with Crippen LogP contribution in [0.15, 0.2) is 11.2 Å². The minimum atomic E-state index is -3.46. The summed E-state index contributed by atoms with van der Waals surface area (Å²) in [4.78, 5) is 4.28. The van der Waals surface area contributed by atoms with Crippen LogP contribution in [-0.4, -0.2) is 37.6 Å². The standard InChI is InChI=1S/C13H22N4O2S.ClH/c18-20(19,15-9-11-4-3-6-14-8-11)13-10-17-7-2-1-5-12(17)16-13;/h10-11,14-15H,1-9H2;1H. The van der Waals surface area contributed by atoms with E-state index in [1.807, 2.05) is 4.57 Å². The van der Waals surface area contributed by atoms with E-state index in [0.717, 1.165) is 57.6 Å². The van der Waals surface area contributed by atoms with Crippen molar-refractivity contribution in [1.29, 1.82) is 0 Å². The molecule has 0 spiro atoms. The lowest BCUT2D eigenvalue weighted by atomic mass is 10.0. The van der Waals surface area contributed by atoms with Gasteiger partial charge in [0.05, 0.1) is 0 Å². The highest BCUT2D eigenvalue weighted by Gasteiger charge is 2.23. The summed E-state index contributed by atoms with van der Waals surface area (Å²) in [6.45, 7) is 3.31. The molecule has 0 aliphatic carbocycles. The average molecular weight is 335 g/mol. The highest BCUT2D eigenvalue weighted by atomic mass is 35.5. The average Bonchev–Trinajstić information content (AvgIpc) is 2.91. The molecule has 2 N–H and O–H groups in total. The highest BCUT2D eigenvalue weighted by Crippen LogP contribution is 2.17. The van der Waals surface area contributed by atoms with Crippen molar-refractivity contribution in [1.82, 2.24) is 19.6 Å². The molecule has 1 aromatic rings. The predicted octanol–water partition coefficient (Wildman–Crippen LogP) is 0.919. The molecule has 6 nitrogen and oxygen atoms in total. The lowest BCUT2D eigenvalue weighted by molar-refractivity contribution is 0.375. The Balaban J connectivity index is 0.00000161. The minimum absolute atomic E-state index is 0.